The topological polar surface area (TPSA) is 67.4 Å². The smallest absolute Gasteiger partial charge is 0.257 e. The minimum atomic E-state index is -0.301. The largest absolute Gasteiger partial charge is 0.484 e. The predicted molar refractivity (Wildman–Crippen MR) is 95.0 cm³/mol. The SMILES string of the molecule is CCNC(=O)COc1ccc(NC(=O)c2ccc(Cl)c(Cl)c2)cc1. The molecule has 2 aromatic rings. The van der Waals surface area contributed by atoms with Gasteiger partial charge in [-0.3, -0.25) is 9.59 Å². The highest BCUT2D eigenvalue weighted by atomic mass is 35.5. The summed E-state index contributed by atoms with van der Waals surface area (Å²) in [5, 5.41) is 6.09. The lowest BCUT2D eigenvalue weighted by molar-refractivity contribution is -0.122. The van der Waals surface area contributed by atoms with E-state index in [0.29, 0.717) is 33.6 Å². The molecular formula is C17H16Cl2N2O3. The van der Waals surface area contributed by atoms with Gasteiger partial charge in [-0.05, 0) is 49.4 Å². The Morgan fingerprint density at radius 2 is 1.75 bits per heavy atom. The number of anilines is 1. The minimum Gasteiger partial charge on any atom is -0.484 e. The predicted octanol–water partition coefficient (Wildman–Crippen LogP) is 3.76. The van der Waals surface area contributed by atoms with E-state index in [0.717, 1.165) is 0 Å². The molecule has 24 heavy (non-hydrogen) atoms. The van der Waals surface area contributed by atoms with Crippen LogP contribution in [0.2, 0.25) is 10.0 Å². The summed E-state index contributed by atoms with van der Waals surface area (Å²) in [5.41, 5.74) is 0.998. The van der Waals surface area contributed by atoms with E-state index < -0.39 is 0 Å². The molecule has 0 saturated heterocycles. The van der Waals surface area contributed by atoms with E-state index in [-0.39, 0.29) is 18.4 Å². The summed E-state index contributed by atoms with van der Waals surface area (Å²) in [7, 11) is 0. The number of halogens is 2. The summed E-state index contributed by atoms with van der Waals surface area (Å²) in [6.07, 6.45) is 0. The zero-order valence-electron chi connectivity index (χ0n) is 12.9. The first-order valence-electron chi connectivity index (χ1n) is 7.25. The normalized spacial score (nSPS) is 10.1. The maximum absolute atomic E-state index is 12.2. The van der Waals surface area contributed by atoms with Crippen LogP contribution < -0.4 is 15.4 Å². The zero-order valence-corrected chi connectivity index (χ0v) is 14.4. The van der Waals surface area contributed by atoms with Crippen molar-refractivity contribution in [1.29, 1.82) is 0 Å². The molecule has 0 aliphatic carbocycles. The number of benzene rings is 2. The number of ether oxygens (including phenoxy) is 1. The van der Waals surface area contributed by atoms with Gasteiger partial charge < -0.3 is 15.4 Å². The lowest BCUT2D eigenvalue weighted by Gasteiger charge is -2.09. The number of likely N-dealkylation sites (N-methyl/N-ethyl adjacent to an activating group) is 1. The average Bonchev–Trinajstić information content (AvgIpc) is 2.57. The van der Waals surface area contributed by atoms with Crippen LogP contribution in [-0.4, -0.2) is 25.0 Å². The van der Waals surface area contributed by atoms with Crippen molar-refractivity contribution in [3.8, 4) is 5.75 Å². The number of carbonyl (C=O) groups is 2. The Morgan fingerprint density at radius 1 is 1.04 bits per heavy atom. The summed E-state index contributed by atoms with van der Waals surface area (Å²) in [4.78, 5) is 23.5. The third kappa shape index (κ3) is 5.15. The molecule has 0 saturated carbocycles. The Hall–Kier alpha value is -2.24. The second kappa shape index (κ2) is 8.57. The lowest BCUT2D eigenvalue weighted by atomic mass is 10.2. The fraction of sp³-hybridized carbons (Fsp3) is 0.176. The molecule has 2 N–H and O–H groups in total. The van der Waals surface area contributed by atoms with Gasteiger partial charge in [0.1, 0.15) is 5.75 Å². The molecule has 2 rings (SSSR count). The van der Waals surface area contributed by atoms with E-state index in [1.807, 2.05) is 6.92 Å². The van der Waals surface area contributed by atoms with Crippen molar-refractivity contribution >= 4 is 40.7 Å². The van der Waals surface area contributed by atoms with Crippen molar-refractivity contribution in [3.63, 3.8) is 0 Å². The van der Waals surface area contributed by atoms with Crippen molar-refractivity contribution in [1.82, 2.24) is 5.32 Å². The van der Waals surface area contributed by atoms with Crippen molar-refractivity contribution in [2.24, 2.45) is 0 Å². The zero-order chi connectivity index (χ0) is 17.5. The Balaban J connectivity index is 1.94. The fourth-order valence-corrected chi connectivity index (χ4v) is 2.17. The number of hydrogen-bond acceptors (Lipinski definition) is 3. The van der Waals surface area contributed by atoms with Crippen LogP contribution in [0.4, 0.5) is 5.69 Å². The molecule has 0 aliphatic heterocycles. The molecule has 2 aromatic carbocycles. The van der Waals surface area contributed by atoms with Gasteiger partial charge in [0.25, 0.3) is 11.8 Å². The van der Waals surface area contributed by atoms with Crippen LogP contribution in [0.5, 0.6) is 5.75 Å². The summed E-state index contributed by atoms with van der Waals surface area (Å²) in [6, 6.07) is 11.4. The van der Waals surface area contributed by atoms with Gasteiger partial charge in [-0.15, -0.1) is 0 Å². The molecule has 0 aliphatic rings. The lowest BCUT2D eigenvalue weighted by Crippen LogP contribution is -2.28. The first kappa shape index (κ1) is 18.1. The van der Waals surface area contributed by atoms with Crippen molar-refractivity contribution in [3.05, 3.63) is 58.1 Å². The highest BCUT2D eigenvalue weighted by molar-refractivity contribution is 6.42. The van der Waals surface area contributed by atoms with Crippen LogP contribution in [0.3, 0.4) is 0 Å². The Bertz CT molecular complexity index is 733. The van der Waals surface area contributed by atoms with Crippen LogP contribution in [0.25, 0.3) is 0 Å². The van der Waals surface area contributed by atoms with Crippen LogP contribution in [0.15, 0.2) is 42.5 Å². The van der Waals surface area contributed by atoms with Crippen molar-refractivity contribution in [2.45, 2.75) is 6.92 Å². The van der Waals surface area contributed by atoms with E-state index in [9.17, 15) is 9.59 Å². The molecule has 0 spiro atoms. The van der Waals surface area contributed by atoms with E-state index >= 15 is 0 Å². The minimum absolute atomic E-state index is 0.0528. The van der Waals surface area contributed by atoms with Gasteiger partial charge in [-0.2, -0.15) is 0 Å². The van der Waals surface area contributed by atoms with Gasteiger partial charge in [0.05, 0.1) is 10.0 Å². The van der Waals surface area contributed by atoms with Gasteiger partial charge in [-0.1, -0.05) is 23.2 Å². The fourth-order valence-electron chi connectivity index (χ4n) is 1.87. The monoisotopic (exact) mass is 366 g/mol. The Morgan fingerprint density at radius 3 is 2.38 bits per heavy atom. The molecule has 0 unspecified atom stereocenters. The van der Waals surface area contributed by atoms with Gasteiger partial charge in [-0.25, -0.2) is 0 Å². The van der Waals surface area contributed by atoms with Crippen LogP contribution in [0.1, 0.15) is 17.3 Å². The van der Waals surface area contributed by atoms with Gasteiger partial charge >= 0.3 is 0 Å². The number of rotatable bonds is 6. The second-order valence-electron chi connectivity index (χ2n) is 4.85. The molecule has 2 amide bonds. The second-order valence-corrected chi connectivity index (χ2v) is 5.66. The van der Waals surface area contributed by atoms with E-state index in [2.05, 4.69) is 10.6 Å². The van der Waals surface area contributed by atoms with Gasteiger partial charge in [0.15, 0.2) is 6.61 Å². The Kier molecular flexibility index (Phi) is 6.46. The number of nitrogens with one attached hydrogen (secondary N) is 2. The third-order valence-electron chi connectivity index (χ3n) is 3.04. The Labute approximate surface area is 149 Å². The van der Waals surface area contributed by atoms with Gasteiger partial charge in [0.2, 0.25) is 0 Å². The summed E-state index contributed by atoms with van der Waals surface area (Å²) < 4.78 is 5.34. The molecule has 0 fully saturated rings. The van der Waals surface area contributed by atoms with Crippen molar-refractivity contribution < 1.29 is 14.3 Å². The van der Waals surface area contributed by atoms with Crippen LogP contribution in [0, 0.1) is 0 Å². The molecule has 126 valence electrons. The summed E-state index contributed by atoms with van der Waals surface area (Å²) >= 11 is 11.7. The molecular weight excluding hydrogens is 351 g/mol. The van der Waals surface area contributed by atoms with E-state index in [1.54, 1.807) is 36.4 Å². The maximum atomic E-state index is 12.2. The molecule has 0 heterocycles. The molecule has 7 heteroatoms. The molecule has 0 atom stereocenters. The maximum Gasteiger partial charge on any atom is 0.257 e. The van der Waals surface area contributed by atoms with Crippen molar-refractivity contribution in [2.75, 3.05) is 18.5 Å². The standard InChI is InChI=1S/C17H16Cl2N2O3/c1-2-20-16(22)10-24-13-6-4-12(5-7-13)21-17(23)11-3-8-14(18)15(19)9-11/h3-9H,2,10H2,1H3,(H,20,22)(H,21,23). The summed E-state index contributed by atoms with van der Waals surface area (Å²) in [5.74, 6) is 0.0489. The first-order chi connectivity index (χ1) is 11.5. The molecule has 0 aromatic heterocycles. The first-order valence-corrected chi connectivity index (χ1v) is 8.01. The van der Waals surface area contributed by atoms with Gasteiger partial charge in [0, 0.05) is 17.8 Å². The highest BCUT2D eigenvalue weighted by Gasteiger charge is 2.09. The number of amides is 2. The highest BCUT2D eigenvalue weighted by Crippen LogP contribution is 2.23. The third-order valence-corrected chi connectivity index (χ3v) is 3.78. The van der Waals surface area contributed by atoms with E-state index in [4.69, 9.17) is 27.9 Å². The number of carbonyl (C=O) groups excluding carboxylic acids is 2. The molecule has 0 bridgehead atoms. The summed E-state index contributed by atoms with van der Waals surface area (Å²) in [6.45, 7) is 2.34. The molecule has 5 nitrogen and oxygen atoms in total. The molecule has 0 radical (unpaired) electrons. The van der Waals surface area contributed by atoms with Crippen LogP contribution in [-0.2, 0) is 4.79 Å². The quantitative estimate of drug-likeness (QED) is 0.817. The number of hydrogen-bond donors (Lipinski definition) is 2. The van der Waals surface area contributed by atoms with Crippen LogP contribution >= 0.6 is 23.2 Å². The average molecular weight is 367 g/mol. The van der Waals surface area contributed by atoms with E-state index in [1.165, 1.54) is 6.07 Å².